The molecule has 0 saturated carbocycles. The maximum absolute atomic E-state index is 12.5. The lowest BCUT2D eigenvalue weighted by molar-refractivity contribution is 0.0934. The van der Waals surface area contributed by atoms with Crippen molar-refractivity contribution in [2.24, 2.45) is 0 Å². The van der Waals surface area contributed by atoms with Gasteiger partial charge in [-0.3, -0.25) is 14.4 Å². The second-order valence-electron chi connectivity index (χ2n) is 5.14. The molecule has 3 rings (SSSR count). The molecule has 9 nitrogen and oxygen atoms in total. The number of pyridine rings is 1. The van der Waals surface area contributed by atoms with Crippen molar-refractivity contribution in [3.8, 4) is 0 Å². The van der Waals surface area contributed by atoms with Crippen molar-refractivity contribution >= 4 is 34.2 Å². The summed E-state index contributed by atoms with van der Waals surface area (Å²) >= 11 is 1.20. The van der Waals surface area contributed by atoms with Gasteiger partial charge in [-0.05, 0) is 13.0 Å². The Bertz CT molecular complexity index is 1010. The predicted molar refractivity (Wildman–Crippen MR) is 91.5 cm³/mol. The fourth-order valence-electron chi connectivity index (χ4n) is 2.19. The minimum atomic E-state index is -0.427. The van der Waals surface area contributed by atoms with Gasteiger partial charge in [0.1, 0.15) is 27.6 Å². The SMILES string of the molecule is CNC(=O)c1cnc([C@@H](C)NC(=O)c2ncnc3[nH]c(=O)ccc23)s1. The Labute approximate surface area is 145 Å². The van der Waals surface area contributed by atoms with E-state index in [4.69, 9.17) is 0 Å². The number of hydrogen-bond acceptors (Lipinski definition) is 7. The number of thiazole rings is 1. The molecule has 10 heteroatoms. The number of H-pyrrole nitrogens is 1. The number of nitrogens with zero attached hydrogens (tertiary/aromatic N) is 3. The van der Waals surface area contributed by atoms with E-state index < -0.39 is 11.9 Å². The first kappa shape index (κ1) is 16.7. The smallest absolute Gasteiger partial charge is 0.271 e. The molecule has 2 amide bonds. The first-order valence-corrected chi connectivity index (χ1v) is 8.14. The van der Waals surface area contributed by atoms with Gasteiger partial charge in [0.05, 0.1) is 12.2 Å². The third-order valence-electron chi connectivity index (χ3n) is 3.43. The van der Waals surface area contributed by atoms with Crippen LogP contribution in [-0.4, -0.2) is 38.8 Å². The zero-order valence-corrected chi connectivity index (χ0v) is 14.2. The molecule has 0 radical (unpaired) electrons. The molecule has 0 fully saturated rings. The second-order valence-corrected chi connectivity index (χ2v) is 6.21. The van der Waals surface area contributed by atoms with Crippen molar-refractivity contribution in [2.45, 2.75) is 13.0 Å². The van der Waals surface area contributed by atoms with E-state index >= 15 is 0 Å². The number of carbonyl (C=O) groups is 2. The summed E-state index contributed by atoms with van der Waals surface area (Å²) in [5.74, 6) is -0.656. The summed E-state index contributed by atoms with van der Waals surface area (Å²) in [5, 5.41) is 6.35. The molecule has 25 heavy (non-hydrogen) atoms. The lowest BCUT2D eigenvalue weighted by Crippen LogP contribution is -2.28. The quantitative estimate of drug-likeness (QED) is 0.627. The van der Waals surface area contributed by atoms with Gasteiger partial charge in [0.2, 0.25) is 5.56 Å². The number of carbonyl (C=O) groups excluding carboxylic acids is 2. The van der Waals surface area contributed by atoms with E-state index in [1.165, 1.54) is 43.0 Å². The van der Waals surface area contributed by atoms with Crippen LogP contribution in [0.1, 0.15) is 38.1 Å². The minimum Gasteiger partial charge on any atom is -0.354 e. The second kappa shape index (κ2) is 6.77. The maximum atomic E-state index is 12.5. The average Bonchev–Trinajstić information content (AvgIpc) is 3.10. The van der Waals surface area contributed by atoms with E-state index in [1.54, 1.807) is 6.92 Å². The van der Waals surface area contributed by atoms with Gasteiger partial charge in [0.15, 0.2) is 0 Å². The highest BCUT2D eigenvalue weighted by atomic mass is 32.1. The van der Waals surface area contributed by atoms with E-state index in [2.05, 4.69) is 30.6 Å². The molecule has 0 aliphatic carbocycles. The van der Waals surface area contributed by atoms with Crippen molar-refractivity contribution in [1.29, 1.82) is 0 Å². The lowest BCUT2D eigenvalue weighted by Gasteiger charge is -2.11. The molecule has 3 heterocycles. The monoisotopic (exact) mass is 358 g/mol. The molecule has 0 bridgehead atoms. The molecule has 0 aliphatic heterocycles. The zero-order valence-electron chi connectivity index (χ0n) is 13.4. The molecule has 3 aromatic rings. The summed E-state index contributed by atoms with van der Waals surface area (Å²) in [6.45, 7) is 1.76. The van der Waals surface area contributed by atoms with Crippen LogP contribution in [0.25, 0.3) is 11.0 Å². The molecular weight excluding hydrogens is 344 g/mol. The molecule has 0 saturated heterocycles. The fourth-order valence-corrected chi connectivity index (χ4v) is 3.06. The van der Waals surface area contributed by atoms with Crippen molar-refractivity contribution in [1.82, 2.24) is 30.6 Å². The van der Waals surface area contributed by atoms with Gasteiger partial charge in [-0.1, -0.05) is 0 Å². The number of nitrogens with one attached hydrogen (secondary N) is 3. The number of aromatic nitrogens is 4. The summed E-state index contributed by atoms with van der Waals surface area (Å²) in [4.78, 5) is 50.6. The van der Waals surface area contributed by atoms with Crippen molar-refractivity contribution in [2.75, 3.05) is 7.05 Å². The third-order valence-corrected chi connectivity index (χ3v) is 4.61. The van der Waals surface area contributed by atoms with E-state index in [9.17, 15) is 14.4 Å². The van der Waals surface area contributed by atoms with Crippen molar-refractivity contribution < 1.29 is 9.59 Å². The van der Waals surface area contributed by atoms with E-state index in [-0.39, 0.29) is 22.8 Å². The van der Waals surface area contributed by atoms with Gasteiger partial charge in [-0.2, -0.15) is 0 Å². The Morgan fingerprint density at radius 1 is 1.20 bits per heavy atom. The van der Waals surface area contributed by atoms with Gasteiger partial charge < -0.3 is 15.6 Å². The van der Waals surface area contributed by atoms with Crippen LogP contribution in [0.2, 0.25) is 0 Å². The molecule has 3 N–H and O–H groups in total. The number of fused-ring (bicyclic) bond motifs is 1. The van der Waals surface area contributed by atoms with Crippen LogP contribution < -0.4 is 16.2 Å². The van der Waals surface area contributed by atoms with Crippen molar-refractivity contribution in [3.05, 3.63) is 50.6 Å². The Morgan fingerprint density at radius 2 is 2.00 bits per heavy atom. The molecule has 1 atom stereocenters. The average molecular weight is 358 g/mol. The molecular formula is C15H14N6O3S. The van der Waals surface area contributed by atoms with Crippen LogP contribution in [0.15, 0.2) is 29.5 Å². The number of rotatable bonds is 4. The largest absolute Gasteiger partial charge is 0.354 e. The first-order chi connectivity index (χ1) is 12.0. The molecule has 0 spiro atoms. The van der Waals surface area contributed by atoms with Crippen LogP contribution in [-0.2, 0) is 0 Å². The maximum Gasteiger partial charge on any atom is 0.271 e. The Morgan fingerprint density at radius 3 is 2.76 bits per heavy atom. The number of amides is 2. The predicted octanol–water partition coefficient (Wildman–Crippen LogP) is 0.625. The fraction of sp³-hybridized carbons (Fsp3) is 0.200. The van der Waals surface area contributed by atoms with Crippen LogP contribution in [0, 0.1) is 0 Å². The molecule has 0 unspecified atom stereocenters. The summed E-state index contributed by atoms with van der Waals surface area (Å²) in [6, 6.07) is 2.40. The molecule has 128 valence electrons. The first-order valence-electron chi connectivity index (χ1n) is 7.32. The standard InChI is InChI=1S/C15H14N6O3S/c1-7(15-17-5-9(25-15)13(23)16-2)20-14(24)11-8-3-4-10(22)21-12(8)19-6-18-11/h3-7H,1-2H3,(H,16,23)(H,20,24)(H,18,19,21,22)/t7-/m1/s1. The zero-order chi connectivity index (χ0) is 18.0. The topological polar surface area (TPSA) is 130 Å². The normalized spacial score (nSPS) is 11.9. The summed E-state index contributed by atoms with van der Waals surface area (Å²) < 4.78 is 0. The lowest BCUT2D eigenvalue weighted by atomic mass is 10.2. The van der Waals surface area contributed by atoms with Crippen LogP contribution >= 0.6 is 11.3 Å². The Kier molecular flexibility index (Phi) is 4.52. The summed E-state index contributed by atoms with van der Waals surface area (Å²) in [5.41, 5.74) is 0.128. The minimum absolute atomic E-state index is 0.149. The summed E-state index contributed by atoms with van der Waals surface area (Å²) in [6.07, 6.45) is 2.68. The molecule has 0 aromatic carbocycles. The van der Waals surface area contributed by atoms with Gasteiger partial charge in [-0.25, -0.2) is 15.0 Å². The highest BCUT2D eigenvalue weighted by Gasteiger charge is 2.19. The highest BCUT2D eigenvalue weighted by Crippen LogP contribution is 2.20. The summed E-state index contributed by atoms with van der Waals surface area (Å²) in [7, 11) is 1.54. The third kappa shape index (κ3) is 3.38. The van der Waals surface area contributed by atoms with E-state index in [0.29, 0.717) is 15.3 Å². The van der Waals surface area contributed by atoms with Crippen LogP contribution in [0.5, 0.6) is 0 Å². The van der Waals surface area contributed by atoms with Gasteiger partial charge >= 0.3 is 0 Å². The van der Waals surface area contributed by atoms with Crippen LogP contribution in [0.4, 0.5) is 0 Å². The number of hydrogen-bond donors (Lipinski definition) is 3. The highest BCUT2D eigenvalue weighted by molar-refractivity contribution is 7.13. The number of aromatic amines is 1. The van der Waals surface area contributed by atoms with Crippen LogP contribution in [0.3, 0.4) is 0 Å². The van der Waals surface area contributed by atoms with Gasteiger partial charge in [0, 0.05) is 18.5 Å². The van der Waals surface area contributed by atoms with Gasteiger partial charge in [0.25, 0.3) is 11.8 Å². The van der Waals surface area contributed by atoms with E-state index in [0.717, 1.165) is 0 Å². The molecule has 0 aliphatic rings. The van der Waals surface area contributed by atoms with E-state index in [1.807, 2.05) is 0 Å². The van der Waals surface area contributed by atoms with Gasteiger partial charge in [-0.15, -0.1) is 11.3 Å². The molecule has 3 aromatic heterocycles. The Balaban J connectivity index is 1.83. The van der Waals surface area contributed by atoms with Crippen molar-refractivity contribution in [3.63, 3.8) is 0 Å². The Hall–Kier alpha value is -3.14.